The lowest BCUT2D eigenvalue weighted by atomic mass is 10.3. The normalized spacial score (nSPS) is 16.8. The summed E-state index contributed by atoms with van der Waals surface area (Å²) in [6, 6.07) is 31.7. The Labute approximate surface area is 167 Å². The van der Waals surface area contributed by atoms with Gasteiger partial charge in [0.25, 0.3) is 5.91 Å². The molecule has 3 heteroatoms. The molecule has 0 bridgehead atoms. The van der Waals surface area contributed by atoms with Crippen LogP contribution in [0.5, 0.6) is 0 Å². The second kappa shape index (κ2) is 8.01. The van der Waals surface area contributed by atoms with Gasteiger partial charge in [0, 0.05) is 13.0 Å². The van der Waals surface area contributed by atoms with Crippen molar-refractivity contribution in [3.8, 4) is 12.3 Å². The molecule has 4 rings (SSSR count). The molecule has 3 aromatic rings. The van der Waals surface area contributed by atoms with Gasteiger partial charge >= 0.3 is 0 Å². The van der Waals surface area contributed by atoms with Crippen molar-refractivity contribution in [1.82, 2.24) is 4.90 Å². The number of rotatable bonds is 5. The lowest BCUT2D eigenvalue weighted by Gasteiger charge is -2.31. The van der Waals surface area contributed by atoms with Gasteiger partial charge in [-0.1, -0.05) is 60.5 Å². The molecule has 1 saturated heterocycles. The van der Waals surface area contributed by atoms with Crippen LogP contribution in [0.15, 0.2) is 91.0 Å². The zero-order valence-corrected chi connectivity index (χ0v) is 16.6. The highest BCUT2D eigenvalue weighted by Gasteiger charge is 2.58. The third kappa shape index (κ3) is 3.03. The molecule has 28 heavy (non-hydrogen) atoms. The number of nitrogens with zero attached hydrogens (tertiary/aromatic N) is 1. The Bertz CT molecular complexity index is 883. The van der Waals surface area contributed by atoms with Crippen molar-refractivity contribution < 1.29 is 4.79 Å². The Kier molecular flexibility index (Phi) is 5.29. The van der Waals surface area contributed by atoms with Gasteiger partial charge in [-0.05, 0) is 36.4 Å². The second-order valence-electron chi connectivity index (χ2n) is 7.00. The molecule has 0 radical (unpaired) electrons. The first-order valence-electron chi connectivity index (χ1n) is 9.56. The Hall–Kier alpha value is -2.88. The van der Waals surface area contributed by atoms with Crippen LogP contribution < -0.4 is 15.9 Å². The minimum absolute atomic E-state index is 0.0898. The molecule has 2 nitrogen and oxygen atoms in total. The first kappa shape index (κ1) is 18.5. The summed E-state index contributed by atoms with van der Waals surface area (Å²) in [6.07, 6.45) is 6.35. The van der Waals surface area contributed by atoms with Gasteiger partial charge in [-0.3, -0.25) is 4.79 Å². The number of carbonyl (C=O) groups excluding carboxylic acids is 1. The van der Waals surface area contributed by atoms with Gasteiger partial charge in [0.1, 0.15) is 23.2 Å². The smallest absolute Gasteiger partial charge is 0.265 e. The highest BCUT2D eigenvalue weighted by Crippen LogP contribution is 2.62. The highest BCUT2D eigenvalue weighted by atomic mass is 31.2. The van der Waals surface area contributed by atoms with Crippen LogP contribution in [0.2, 0.25) is 0 Å². The third-order valence-electron chi connectivity index (χ3n) is 5.51. The zero-order valence-electron chi connectivity index (χ0n) is 15.7. The van der Waals surface area contributed by atoms with Gasteiger partial charge in [0.05, 0.1) is 6.54 Å². The van der Waals surface area contributed by atoms with Crippen molar-refractivity contribution >= 4 is 29.1 Å². The summed E-state index contributed by atoms with van der Waals surface area (Å²) in [5, 5.41) is 3.73. The van der Waals surface area contributed by atoms with E-state index >= 15 is 0 Å². The molecule has 1 atom stereocenters. The average Bonchev–Trinajstić information content (AvgIpc) is 3.12. The minimum atomic E-state index is -2.18. The Balaban J connectivity index is 2.00. The van der Waals surface area contributed by atoms with Gasteiger partial charge in [-0.15, -0.1) is 6.42 Å². The molecule has 0 spiro atoms. The summed E-state index contributed by atoms with van der Waals surface area (Å²) >= 11 is 0. The topological polar surface area (TPSA) is 20.3 Å². The number of carbonyl (C=O) groups is 1. The number of amides is 1. The fraction of sp³-hybridized carbons (Fsp3) is 0.160. The van der Waals surface area contributed by atoms with E-state index in [9.17, 15) is 4.79 Å². The summed E-state index contributed by atoms with van der Waals surface area (Å²) < 4.78 is 0. The minimum Gasteiger partial charge on any atom is -0.328 e. The standard InChI is InChI=1S/C25H23NOP/c1-2-19-26-20-18-24(25(26)27)28(21-12-6-3-7-13-21,22-14-8-4-9-15-22)23-16-10-5-11-17-23/h1,3-17,24H,18-20H2/q+1. The molecule has 1 aliphatic rings. The third-order valence-corrected chi connectivity index (χ3v) is 10.3. The number of terminal acetylenes is 1. The van der Waals surface area contributed by atoms with Crippen molar-refractivity contribution in [1.29, 1.82) is 0 Å². The van der Waals surface area contributed by atoms with Crippen molar-refractivity contribution in [2.45, 2.75) is 12.1 Å². The van der Waals surface area contributed by atoms with E-state index in [1.807, 2.05) is 23.1 Å². The molecule has 0 saturated carbocycles. The molecule has 0 aliphatic carbocycles. The molecule has 1 unspecified atom stereocenters. The predicted molar refractivity (Wildman–Crippen MR) is 119 cm³/mol. The molecule has 1 heterocycles. The first-order valence-corrected chi connectivity index (χ1v) is 11.4. The van der Waals surface area contributed by atoms with E-state index < -0.39 is 7.26 Å². The molecule has 0 aromatic heterocycles. The molecule has 138 valence electrons. The first-order chi connectivity index (χ1) is 13.8. The van der Waals surface area contributed by atoms with Crippen LogP contribution in [0.25, 0.3) is 0 Å². The van der Waals surface area contributed by atoms with Crippen molar-refractivity contribution in [3.05, 3.63) is 91.0 Å². The van der Waals surface area contributed by atoms with Gasteiger partial charge in [0.2, 0.25) is 0 Å². The summed E-state index contributed by atoms with van der Waals surface area (Å²) in [5.74, 6) is 2.83. The van der Waals surface area contributed by atoms with Crippen molar-refractivity contribution in [2.75, 3.05) is 13.1 Å². The van der Waals surface area contributed by atoms with Crippen molar-refractivity contribution in [3.63, 3.8) is 0 Å². The van der Waals surface area contributed by atoms with E-state index in [0.29, 0.717) is 6.54 Å². The summed E-state index contributed by atoms with van der Waals surface area (Å²) in [5.41, 5.74) is -0.0898. The van der Waals surface area contributed by atoms with E-state index in [-0.39, 0.29) is 11.6 Å². The van der Waals surface area contributed by atoms with E-state index in [4.69, 9.17) is 6.42 Å². The predicted octanol–water partition coefficient (Wildman–Crippen LogP) is 3.21. The van der Waals surface area contributed by atoms with Gasteiger partial charge in [0.15, 0.2) is 5.66 Å². The van der Waals surface area contributed by atoms with Gasteiger partial charge < -0.3 is 4.90 Å². The highest BCUT2D eigenvalue weighted by molar-refractivity contribution is 7.96. The Morgan fingerprint density at radius 2 is 1.25 bits per heavy atom. The van der Waals surface area contributed by atoms with Crippen LogP contribution in [0.4, 0.5) is 0 Å². The quantitative estimate of drug-likeness (QED) is 0.489. The maximum Gasteiger partial charge on any atom is 0.265 e. The van der Waals surface area contributed by atoms with E-state index in [1.165, 1.54) is 15.9 Å². The van der Waals surface area contributed by atoms with Crippen molar-refractivity contribution in [2.24, 2.45) is 0 Å². The van der Waals surface area contributed by atoms with Crippen LogP contribution in [0, 0.1) is 12.3 Å². The average molecular weight is 384 g/mol. The Morgan fingerprint density at radius 1 is 0.821 bits per heavy atom. The molecular weight excluding hydrogens is 361 g/mol. The van der Waals surface area contributed by atoms with E-state index in [2.05, 4.69) is 78.7 Å². The summed E-state index contributed by atoms with van der Waals surface area (Å²) in [4.78, 5) is 15.4. The maximum atomic E-state index is 13.5. The number of hydrogen-bond acceptors (Lipinski definition) is 1. The zero-order chi connectivity index (χ0) is 19.4. The van der Waals surface area contributed by atoms with Crippen LogP contribution >= 0.6 is 7.26 Å². The number of likely N-dealkylation sites (tertiary alicyclic amines) is 1. The molecular formula is C25H23NOP+. The van der Waals surface area contributed by atoms with Crippen LogP contribution in [-0.2, 0) is 4.79 Å². The van der Waals surface area contributed by atoms with E-state index in [1.54, 1.807) is 0 Å². The van der Waals surface area contributed by atoms with E-state index in [0.717, 1.165) is 13.0 Å². The molecule has 1 aliphatic heterocycles. The molecule has 3 aromatic carbocycles. The maximum absolute atomic E-state index is 13.5. The summed E-state index contributed by atoms with van der Waals surface area (Å²) in [7, 11) is -2.18. The van der Waals surface area contributed by atoms with Crippen LogP contribution in [0.1, 0.15) is 6.42 Å². The largest absolute Gasteiger partial charge is 0.328 e. The fourth-order valence-electron chi connectivity index (χ4n) is 4.33. The SMILES string of the molecule is C#CCN1CCC([P+](c2ccccc2)(c2ccccc2)c2ccccc2)C1=O. The van der Waals surface area contributed by atoms with Gasteiger partial charge in [-0.25, -0.2) is 0 Å². The van der Waals surface area contributed by atoms with Crippen LogP contribution in [0.3, 0.4) is 0 Å². The summed E-state index contributed by atoms with van der Waals surface area (Å²) in [6.45, 7) is 1.11. The second-order valence-corrected chi connectivity index (χ2v) is 10.6. The lowest BCUT2D eigenvalue weighted by Crippen LogP contribution is -2.42. The number of benzene rings is 3. The molecule has 1 amide bonds. The lowest BCUT2D eigenvalue weighted by molar-refractivity contribution is -0.126. The molecule has 0 N–H and O–H groups in total. The fourth-order valence-corrected chi connectivity index (χ4v) is 9.22. The number of hydrogen-bond donors (Lipinski definition) is 0. The molecule has 1 fully saturated rings. The Morgan fingerprint density at radius 3 is 1.64 bits per heavy atom. The monoisotopic (exact) mass is 384 g/mol. The van der Waals surface area contributed by atoms with Crippen LogP contribution in [-0.4, -0.2) is 29.6 Å². The van der Waals surface area contributed by atoms with Gasteiger partial charge in [-0.2, -0.15) is 0 Å².